The zero-order valence-corrected chi connectivity index (χ0v) is 10.0. The first kappa shape index (κ1) is 12.3. The standard InChI is InChI=1S/C11H23NOS/c1-2-10(9-14)7-12-6-4-3-5-11(12)8-13/h10-11,13-14H,2-9H2,1H3. The topological polar surface area (TPSA) is 23.5 Å². The van der Waals surface area contributed by atoms with Gasteiger partial charge in [0.05, 0.1) is 6.61 Å². The van der Waals surface area contributed by atoms with Crippen LogP contribution < -0.4 is 0 Å². The van der Waals surface area contributed by atoms with Crippen LogP contribution in [0.4, 0.5) is 0 Å². The van der Waals surface area contributed by atoms with Gasteiger partial charge in [0.1, 0.15) is 0 Å². The van der Waals surface area contributed by atoms with Crippen molar-refractivity contribution in [3.8, 4) is 0 Å². The maximum Gasteiger partial charge on any atom is 0.0586 e. The molecule has 2 nitrogen and oxygen atoms in total. The molecule has 0 aromatic carbocycles. The van der Waals surface area contributed by atoms with E-state index in [1.807, 2.05) is 0 Å². The summed E-state index contributed by atoms with van der Waals surface area (Å²) in [4.78, 5) is 2.45. The van der Waals surface area contributed by atoms with Gasteiger partial charge in [0.25, 0.3) is 0 Å². The normalized spacial score (nSPS) is 26.4. The SMILES string of the molecule is CCC(CS)CN1CCCCC1CO. The van der Waals surface area contributed by atoms with Gasteiger partial charge in [-0.15, -0.1) is 0 Å². The predicted octanol–water partition coefficient (Wildman–Crippen LogP) is 1.79. The van der Waals surface area contributed by atoms with Crippen LogP contribution in [-0.4, -0.2) is 41.5 Å². The van der Waals surface area contributed by atoms with Crippen LogP contribution in [0.25, 0.3) is 0 Å². The summed E-state index contributed by atoms with van der Waals surface area (Å²) >= 11 is 4.36. The molecule has 1 saturated heterocycles. The molecular formula is C11H23NOS. The predicted molar refractivity (Wildman–Crippen MR) is 63.9 cm³/mol. The molecule has 1 rings (SSSR count). The molecule has 0 saturated carbocycles. The van der Waals surface area contributed by atoms with E-state index in [4.69, 9.17) is 0 Å². The quantitative estimate of drug-likeness (QED) is 0.686. The molecule has 0 aromatic heterocycles. The fraction of sp³-hybridized carbons (Fsp3) is 1.00. The second-order valence-electron chi connectivity index (χ2n) is 4.28. The van der Waals surface area contributed by atoms with Crippen molar-refractivity contribution < 1.29 is 5.11 Å². The molecule has 2 unspecified atom stereocenters. The van der Waals surface area contributed by atoms with E-state index >= 15 is 0 Å². The van der Waals surface area contributed by atoms with Crippen LogP contribution in [0, 0.1) is 5.92 Å². The van der Waals surface area contributed by atoms with Gasteiger partial charge in [-0.1, -0.05) is 19.8 Å². The van der Waals surface area contributed by atoms with Gasteiger partial charge in [-0.3, -0.25) is 4.90 Å². The molecule has 1 aliphatic rings. The Hall–Kier alpha value is 0.270. The summed E-state index contributed by atoms with van der Waals surface area (Å²) in [5.41, 5.74) is 0. The number of hydrogen-bond donors (Lipinski definition) is 2. The van der Waals surface area contributed by atoms with E-state index in [1.54, 1.807) is 0 Å². The van der Waals surface area contributed by atoms with Crippen molar-refractivity contribution in [1.82, 2.24) is 4.90 Å². The highest BCUT2D eigenvalue weighted by atomic mass is 32.1. The number of rotatable bonds is 5. The Morgan fingerprint density at radius 1 is 1.50 bits per heavy atom. The third kappa shape index (κ3) is 3.44. The number of nitrogens with zero attached hydrogens (tertiary/aromatic N) is 1. The summed E-state index contributed by atoms with van der Waals surface area (Å²) in [6.07, 6.45) is 4.93. The van der Waals surface area contributed by atoms with Crippen molar-refractivity contribution in [2.75, 3.05) is 25.4 Å². The molecule has 2 atom stereocenters. The Morgan fingerprint density at radius 2 is 2.29 bits per heavy atom. The lowest BCUT2D eigenvalue weighted by Crippen LogP contribution is -2.44. The second-order valence-corrected chi connectivity index (χ2v) is 4.65. The molecule has 1 heterocycles. The molecule has 0 aliphatic carbocycles. The Morgan fingerprint density at radius 3 is 2.86 bits per heavy atom. The van der Waals surface area contributed by atoms with E-state index < -0.39 is 0 Å². The van der Waals surface area contributed by atoms with Gasteiger partial charge in [-0.2, -0.15) is 12.6 Å². The summed E-state index contributed by atoms with van der Waals surface area (Å²) in [5, 5.41) is 9.26. The summed E-state index contributed by atoms with van der Waals surface area (Å²) in [6, 6.07) is 0.415. The molecule has 0 radical (unpaired) electrons. The molecule has 14 heavy (non-hydrogen) atoms. The fourth-order valence-corrected chi connectivity index (χ4v) is 2.53. The van der Waals surface area contributed by atoms with Crippen LogP contribution in [0.1, 0.15) is 32.6 Å². The highest BCUT2D eigenvalue weighted by Crippen LogP contribution is 2.19. The Labute approximate surface area is 93.1 Å². The first-order valence-corrected chi connectivity index (χ1v) is 6.40. The van der Waals surface area contributed by atoms with Gasteiger partial charge in [0.15, 0.2) is 0 Å². The molecular weight excluding hydrogens is 194 g/mol. The average molecular weight is 217 g/mol. The van der Waals surface area contributed by atoms with Gasteiger partial charge in [0, 0.05) is 12.6 Å². The van der Waals surface area contributed by atoms with Crippen LogP contribution in [-0.2, 0) is 0 Å². The maximum atomic E-state index is 9.26. The monoisotopic (exact) mass is 217 g/mol. The van der Waals surface area contributed by atoms with Crippen LogP contribution in [0.2, 0.25) is 0 Å². The van der Waals surface area contributed by atoms with Crippen LogP contribution in [0.15, 0.2) is 0 Å². The summed E-state index contributed by atoms with van der Waals surface area (Å²) < 4.78 is 0. The first-order chi connectivity index (χ1) is 6.81. The summed E-state index contributed by atoms with van der Waals surface area (Å²) in [6.45, 7) is 4.82. The van der Waals surface area contributed by atoms with Gasteiger partial charge >= 0.3 is 0 Å². The second kappa shape index (κ2) is 6.70. The third-order valence-corrected chi connectivity index (χ3v) is 3.80. The Balaban J connectivity index is 2.39. The highest BCUT2D eigenvalue weighted by Gasteiger charge is 2.23. The molecule has 0 spiro atoms. The third-order valence-electron chi connectivity index (χ3n) is 3.29. The van der Waals surface area contributed by atoms with E-state index in [-0.39, 0.29) is 0 Å². The molecule has 0 amide bonds. The highest BCUT2D eigenvalue weighted by molar-refractivity contribution is 7.80. The molecule has 1 aliphatic heterocycles. The van der Waals surface area contributed by atoms with Crippen LogP contribution >= 0.6 is 12.6 Å². The minimum atomic E-state index is 0.322. The van der Waals surface area contributed by atoms with Crippen LogP contribution in [0.3, 0.4) is 0 Å². The van der Waals surface area contributed by atoms with E-state index in [2.05, 4.69) is 24.5 Å². The molecule has 3 heteroatoms. The van der Waals surface area contributed by atoms with Crippen LogP contribution in [0.5, 0.6) is 0 Å². The van der Waals surface area contributed by atoms with Crippen molar-refractivity contribution >= 4 is 12.6 Å². The number of hydrogen-bond acceptors (Lipinski definition) is 3. The zero-order chi connectivity index (χ0) is 10.4. The zero-order valence-electron chi connectivity index (χ0n) is 9.15. The summed E-state index contributed by atoms with van der Waals surface area (Å²) in [5.74, 6) is 1.65. The lowest BCUT2D eigenvalue weighted by Gasteiger charge is -2.36. The first-order valence-electron chi connectivity index (χ1n) is 5.77. The Kier molecular flexibility index (Phi) is 5.90. The molecule has 0 bridgehead atoms. The van der Waals surface area contributed by atoms with E-state index in [9.17, 15) is 5.11 Å². The summed E-state index contributed by atoms with van der Waals surface area (Å²) in [7, 11) is 0. The van der Waals surface area contributed by atoms with Gasteiger partial charge < -0.3 is 5.11 Å². The molecule has 84 valence electrons. The van der Waals surface area contributed by atoms with Gasteiger partial charge in [-0.25, -0.2) is 0 Å². The average Bonchev–Trinajstić information content (AvgIpc) is 2.26. The Bertz CT molecular complexity index is 150. The largest absolute Gasteiger partial charge is 0.395 e. The van der Waals surface area contributed by atoms with Crippen molar-refractivity contribution in [3.05, 3.63) is 0 Å². The number of piperidine rings is 1. The lowest BCUT2D eigenvalue weighted by atomic mass is 10.00. The fourth-order valence-electron chi connectivity index (χ4n) is 2.15. The minimum absolute atomic E-state index is 0.322. The number of aliphatic hydroxyl groups excluding tert-OH is 1. The number of thiol groups is 1. The van der Waals surface area contributed by atoms with E-state index in [0.29, 0.717) is 18.6 Å². The van der Waals surface area contributed by atoms with Crippen molar-refractivity contribution in [2.45, 2.75) is 38.6 Å². The lowest BCUT2D eigenvalue weighted by molar-refractivity contribution is 0.0783. The van der Waals surface area contributed by atoms with Crippen molar-refractivity contribution in [3.63, 3.8) is 0 Å². The van der Waals surface area contributed by atoms with Gasteiger partial charge in [-0.05, 0) is 31.1 Å². The maximum absolute atomic E-state index is 9.26. The minimum Gasteiger partial charge on any atom is -0.395 e. The molecule has 0 aromatic rings. The van der Waals surface area contributed by atoms with Crippen molar-refractivity contribution in [2.24, 2.45) is 5.92 Å². The van der Waals surface area contributed by atoms with E-state index in [1.165, 1.54) is 25.7 Å². The van der Waals surface area contributed by atoms with E-state index in [0.717, 1.165) is 18.8 Å². The van der Waals surface area contributed by atoms with Gasteiger partial charge in [0.2, 0.25) is 0 Å². The molecule has 1 fully saturated rings. The van der Waals surface area contributed by atoms with Crippen molar-refractivity contribution in [1.29, 1.82) is 0 Å². The number of likely N-dealkylation sites (tertiary alicyclic amines) is 1. The molecule has 1 N–H and O–H groups in total. The number of aliphatic hydroxyl groups is 1. The smallest absolute Gasteiger partial charge is 0.0586 e.